The van der Waals surface area contributed by atoms with Crippen molar-refractivity contribution in [1.82, 2.24) is 24.1 Å². The molecule has 0 atom stereocenters. The van der Waals surface area contributed by atoms with Gasteiger partial charge in [0.25, 0.3) is 0 Å². The Morgan fingerprint density at radius 2 is 1.88 bits per heavy atom. The number of nitrogens with one attached hydrogen (secondary N) is 1. The molecule has 1 fully saturated rings. The van der Waals surface area contributed by atoms with Gasteiger partial charge in [-0.15, -0.1) is 10.2 Å². The summed E-state index contributed by atoms with van der Waals surface area (Å²) in [6.45, 7) is 4.36. The number of pyridine rings is 1. The van der Waals surface area contributed by atoms with Crippen molar-refractivity contribution in [2.75, 3.05) is 24.2 Å². The van der Waals surface area contributed by atoms with Gasteiger partial charge in [-0.3, -0.25) is 14.3 Å². The van der Waals surface area contributed by atoms with Crippen molar-refractivity contribution in [3.8, 4) is 11.4 Å². The molecule has 0 bridgehead atoms. The fraction of sp³-hybridized carbons (Fsp3) is 0.364. The van der Waals surface area contributed by atoms with E-state index in [-0.39, 0.29) is 16.6 Å². The topological polar surface area (TPSA) is 110 Å². The van der Waals surface area contributed by atoms with Gasteiger partial charge in [0.15, 0.2) is 11.0 Å². The molecule has 2 aromatic heterocycles. The van der Waals surface area contributed by atoms with E-state index in [1.54, 1.807) is 38.4 Å². The summed E-state index contributed by atoms with van der Waals surface area (Å²) in [5.41, 5.74) is 1.38. The molecule has 1 aromatic carbocycles. The maximum absolute atomic E-state index is 12.8. The molecule has 0 unspecified atom stereocenters. The Bertz CT molecular complexity index is 1220. The maximum atomic E-state index is 12.8. The molecule has 0 radical (unpaired) electrons. The smallest absolute Gasteiger partial charge is 0.243 e. The molecule has 0 spiro atoms. The van der Waals surface area contributed by atoms with Crippen molar-refractivity contribution in [3.63, 3.8) is 0 Å². The van der Waals surface area contributed by atoms with Crippen LogP contribution < -0.4 is 5.32 Å². The number of carbonyl (C=O) groups is 1. The molecule has 1 amide bonds. The van der Waals surface area contributed by atoms with Gasteiger partial charge >= 0.3 is 0 Å². The van der Waals surface area contributed by atoms with Crippen LogP contribution in [0.25, 0.3) is 11.4 Å². The number of amides is 1. The second kappa shape index (κ2) is 10.0. The van der Waals surface area contributed by atoms with Crippen LogP contribution >= 0.6 is 11.8 Å². The van der Waals surface area contributed by atoms with E-state index in [0.29, 0.717) is 30.0 Å². The Balaban J connectivity index is 1.44. The molecule has 33 heavy (non-hydrogen) atoms. The quantitative estimate of drug-likeness (QED) is 0.437. The van der Waals surface area contributed by atoms with E-state index in [4.69, 9.17) is 0 Å². The maximum Gasteiger partial charge on any atom is 0.243 e. The van der Waals surface area contributed by atoms with Gasteiger partial charge in [0.1, 0.15) is 0 Å². The van der Waals surface area contributed by atoms with Gasteiger partial charge in [-0.1, -0.05) is 31.7 Å². The van der Waals surface area contributed by atoms with Crippen LogP contribution in [-0.4, -0.2) is 57.2 Å². The van der Waals surface area contributed by atoms with Gasteiger partial charge < -0.3 is 5.32 Å². The highest BCUT2D eigenvalue weighted by Gasteiger charge is 2.30. The van der Waals surface area contributed by atoms with E-state index in [2.05, 4.69) is 25.1 Å². The van der Waals surface area contributed by atoms with Crippen LogP contribution in [0.15, 0.2) is 58.8 Å². The third kappa shape index (κ3) is 5.26. The molecule has 4 rings (SSSR count). The minimum atomic E-state index is -3.60. The lowest BCUT2D eigenvalue weighted by molar-refractivity contribution is -0.113. The largest absolute Gasteiger partial charge is 0.325 e. The predicted octanol–water partition coefficient (Wildman–Crippen LogP) is 3.44. The van der Waals surface area contributed by atoms with Crippen LogP contribution in [0.4, 0.5) is 5.69 Å². The first kappa shape index (κ1) is 23.4. The van der Waals surface area contributed by atoms with Crippen molar-refractivity contribution in [2.24, 2.45) is 0 Å². The predicted molar refractivity (Wildman–Crippen MR) is 127 cm³/mol. The molecule has 11 heteroatoms. The fourth-order valence-electron chi connectivity index (χ4n) is 3.51. The Hall–Kier alpha value is -2.76. The Labute approximate surface area is 197 Å². The summed E-state index contributed by atoms with van der Waals surface area (Å²) in [5.74, 6) is 0.666. The molecule has 1 aliphatic rings. The molecule has 2 heterocycles. The highest BCUT2D eigenvalue weighted by molar-refractivity contribution is 7.99. The zero-order chi connectivity index (χ0) is 23.4. The third-order valence-electron chi connectivity index (χ3n) is 5.31. The molecule has 1 aliphatic carbocycles. The highest BCUT2D eigenvalue weighted by atomic mass is 32.2. The van der Waals surface area contributed by atoms with Crippen LogP contribution in [0, 0.1) is 0 Å². The zero-order valence-electron chi connectivity index (χ0n) is 18.5. The van der Waals surface area contributed by atoms with Crippen LogP contribution in [0.2, 0.25) is 0 Å². The molecular formula is C22H26N6O3S2. The van der Waals surface area contributed by atoms with Crippen molar-refractivity contribution in [3.05, 3.63) is 48.8 Å². The molecule has 9 nitrogen and oxygen atoms in total. The molecule has 1 saturated carbocycles. The number of thioether (sulfide) groups is 1. The van der Waals surface area contributed by atoms with E-state index in [0.717, 1.165) is 24.2 Å². The number of anilines is 1. The average molecular weight is 487 g/mol. The second-order valence-electron chi connectivity index (χ2n) is 7.60. The first-order valence-corrected chi connectivity index (χ1v) is 13.2. The van der Waals surface area contributed by atoms with Gasteiger partial charge in [0.2, 0.25) is 15.9 Å². The number of rotatable bonds is 10. The number of benzene rings is 1. The first-order valence-electron chi connectivity index (χ1n) is 10.8. The van der Waals surface area contributed by atoms with E-state index in [9.17, 15) is 13.2 Å². The summed E-state index contributed by atoms with van der Waals surface area (Å²) in [7, 11) is -3.60. The van der Waals surface area contributed by atoms with Crippen LogP contribution in [0.5, 0.6) is 0 Å². The number of hydrogen-bond acceptors (Lipinski definition) is 7. The van der Waals surface area contributed by atoms with Crippen molar-refractivity contribution in [1.29, 1.82) is 0 Å². The second-order valence-corrected chi connectivity index (χ2v) is 10.5. The summed E-state index contributed by atoms with van der Waals surface area (Å²) in [4.78, 5) is 16.8. The van der Waals surface area contributed by atoms with Crippen molar-refractivity contribution < 1.29 is 13.2 Å². The van der Waals surface area contributed by atoms with E-state index < -0.39 is 10.0 Å². The fourth-order valence-corrected chi connectivity index (χ4v) is 5.82. The van der Waals surface area contributed by atoms with Crippen molar-refractivity contribution >= 4 is 33.4 Å². The van der Waals surface area contributed by atoms with E-state index >= 15 is 0 Å². The van der Waals surface area contributed by atoms with E-state index in [1.807, 2.05) is 12.1 Å². The third-order valence-corrected chi connectivity index (χ3v) is 8.30. The minimum absolute atomic E-state index is 0.133. The van der Waals surface area contributed by atoms with Gasteiger partial charge in [0, 0.05) is 42.8 Å². The number of aromatic nitrogens is 4. The standard InChI is InChI=1S/C22H26N6O3S2/c1-3-27(4-2)33(30,31)19-7-5-6-17(14-19)24-20(29)15-32-22-26-25-21(28(22)18-8-9-18)16-10-12-23-13-11-16/h5-7,10-14,18H,3-4,8-9,15H2,1-2H3,(H,24,29). The summed E-state index contributed by atoms with van der Waals surface area (Å²) in [6, 6.07) is 10.5. The van der Waals surface area contributed by atoms with Gasteiger partial charge in [0.05, 0.1) is 10.6 Å². The van der Waals surface area contributed by atoms with Crippen LogP contribution in [0.1, 0.15) is 32.7 Å². The van der Waals surface area contributed by atoms with E-state index in [1.165, 1.54) is 28.2 Å². The van der Waals surface area contributed by atoms with Crippen LogP contribution in [-0.2, 0) is 14.8 Å². The molecule has 174 valence electrons. The summed E-state index contributed by atoms with van der Waals surface area (Å²) < 4.78 is 29.0. The Morgan fingerprint density at radius 1 is 1.15 bits per heavy atom. The summed E-state index contributed by atoms with van der Waals surface area (Å²) in [6.07, 6.45) is 5.56. The lowest BCUT2D eigenvalue weighted by atomic mass is 10.2. The highest BCUT2D eigenvalue weighted by Crippen LogP contribution is 2.41. The van der Waals surface area contributed by atoms with Gasteiger partial charge in [-0.2, -0.15) is 4.31 Å². The lowest BCUT2D eigenvalue weighted by Crippen LogP contribution is -2.30. The first-order chi connectivity index (χ1) is 15.9. The summed E-state index contributed by atoms with van der Waals surface area (Å²) >= 11 is 1.32. The van der Waals surface area contributed by atoms with Crippen molar-refractivity contribution in [2.45, 2.75) is 42.8 Å². The number of nitrogens with zero attached hydrogens (tertiary/aromatic N) is 5. The Morgan fingerprint density at radius 3 is 2.55 bits per heavy atom. The monoisotopic (exact) mass is 486 g/mol. The summed E-state index contributed by atoms with van der Waals surface area (Å²) in [5, 5.41) is 12.1. The molecular weight excluding hydrogens is 460 g/mol. The minimum Gasteiger partial charge on any atom is -0.325 e. The molecule has 3 aromatic rings. The molecule has 0 aliphatic heterocycles. The normalized spacial score (nSPS) is 13.9. The zero-order valence-corrected chi connectivity index (χ0v) is 20.1. The number of carbonyl (C=O) groups excluding carboxylic acids is 1. The lowest BCUT2D eigenvalue weighted by Gasteiger charge is -2.18. The van der Waals surface area contributed by atoms with Gasteiger partial charge in [-0.05, 0) is 43.2 Å². The molecule has 1 N–H and O–H groups in total. The number of hydrogen-bond donors (Lipinski definition) is 1. The number of sulfonamides is 1. The van der Waals surface area contributed by atoms with Crippen LogP contribution in [0.3, 0.4) is 0 Å². The molecule has 0 saturated heterocycles. The van der Waals surface area contributed by atoms with Gasteiger partial charge in [-0.25, -0.2) is 8.42 Å². The SMILES string of the molecule is CCN(CC)S(=O)(=O)c1cccc(NC(=O)CSc2nnc(-c3ccncc3)n2C2CC2)c1. The Kier molecular flexibility index (Phi) is 7.11. The average Bonchev–Trinajstić information content (AvgIpc) is 3.57.